The van der Waals surface area contributed by atoms with Crippen LogP contribution in [0, 0.1) is 0 Å². The molecule has 2 aromatic heterocycles. The normalized spacial score (nSPS) is 17.6. The molecule has 0 radical (unpaired) electrons. The van der Waals surface area contributed by atoms with Gasteiger partial charge < -0.3 is 9.64 Å². The summed E-state index contributed by atoms with van der Waals surface area (Å²) in [5, 5.41) is 11.8. The minimum atomic E-state index is -0.0437. The zero-order valence-electron chi connectivity index (χ0n) is 12.1. The molecule has 0 N–H and O–H groups in total. The molecule has 21 heavy (non-hydrogen) atoms. The van der Waals surface area contributed by atoms with Crippen LogP contribution in [0.25, 0.3) is 0 Å². The van der Waals surface area contributed by atoms with Crippen molar-refractivity contribution in [3.8, 4) is 0 Å². The summed E-state index contributed by atoms with van der Waals surface area (Å²) < 4.78 is 7.11. The maximum absolute atomic E-state index is 12.6. The van der Waals surface area contributed by atoms with Crippen molar-refractivity contribution in [3.63, 3.8) is 0 Å². The van der Waals surface area contributed by atoms with Gasteiger partial charge in [0.1, 0.15) is 0 Å². The van der Waals surface area contributed by atoms with Crippen LogP contribution < -0.4 is 0 Å². The van der Waals surface area contributed by atoms with Crippen molar-refractivity contribution in [2.45, 2.75) is 12.5 Å². The van der Waals surface area contributed by atoms with Crippen LogP contribution in [0.4, 0.5) is 0 Å². The van der Waals surface area contributed by atoms with Crippen LogP contribution in [0.1, 0.15) is 27.5 Å². The molecule has 0 aliphatic carbocycles. The van der Waals surface area contributed by atoms with E-state index in [2.05, 4.69) is 15.3 Å². The summed E-state index contributed by atoms with van der Waals surface area (Å²) in [6.07, 6.45) is 4.89. The highest BCUT2D eigenvalue weighted by Gasteiger charge is 2.31. The Hall–Kier alpha value is -2.28. The highest BCUT2D eigenvalue weighted by Crippen LogP contribution is 2.28. The van der Waals surface area contributed by atoms with Crippen molar-refractivity contribution in [2.75, 3.05) is 20.3 Å². The first-order chi connectivity index (χ1) is 10.2. The molecule has 0 bridgehead atoms. The predicted octanol–water partition coefficient (Wildman–Crippen LogP) is 0.596. The summed E-state index contributed by atoms with van der Waals surface area (Å²) in [6.45, 7) is 1.73. The van der Waals surface area contributed by atoms with Gasteiger partial charge >= 0.3 is 0 Å². The second-order valence-electron chi connectivity index (χ2n) is 5.14. The molecule has 0 fully saturated rings. The van der Waals surface area contributed by atoms with E-state index in [1.165, 1.54) is 12.4 Å². The molecule has 0 saturated heterocycles. The van der Waals surface area contributed by atoms with Gasteiger partial charge in [0, 0.05) is 32.2 Å². The molecule has 110 valence electrons. The van der Waals surface area contributed by atoms with Crippen LogP contribution in [0.15, 0.2) is 24.7 Å². The number of ether oxygens (including phenoxy) is 1. The Labute approximate surface area is 122 Å². The number of aromatic nitrogens is 4. The van der Waals surface area contributed by atoms with E-state index in [0.29, 0.717) is 25.3 Å². The van der Waals surface area contributed by atoms with Crippen molar-refractivity contribution >= 4 is 5.91 Å². The predicted molar refractivity (Wildman–Crippen MR) is 74.6 cm³/mol. The number of hydrogen-bond donors (Lipinski definition) is 0. The molecule has 0 unspecified atom stereocenters. The van der Waals surface area contributed by atoms with Gasteiger partial charge in [0.15, 0.2) is 0 Å². The van der Waals surface area contributed by atoms with Crippen LogP contribution in [-0.4, -0.2) is 51.0 Å². The van der Waals surface area contributed by atoms with Crippen molar-refractivity contribution in [2.24, 2.45) is 7.05 Å². The Morgan fingerprint density at radius 1 is 1.43 bits per heavy atom. The first-order valence-electron chi connectivity index (χ1n) is 6.76. The van der Waals surface area contributed by atoms with Gasteiger partial charge in [-0.3, -0.25) is 9.48 Å². The molecular weight excluding hydrogens is 270 g/mol. The third kappa shape index (κ3) is 2.52. The van der Waals surface area contributed by atoms with E-state index in [1.54, 1.807) is 13.2 Å². The van der Waals surface area contributed by atoms with Crippen LogP contribution in [0.2, 0.25) is 0 Å². The number of fused-ring (bicyclic) bond motifs is 1. The molecule has 1 amide bonds. The fourth-order valence-corrected chi connectivity index (χ4v) is 2.72. The first-order valence-corrected chi connectivity index (χ1v) is 6.76. The number of methoxy groups -OCH3 is 1. The second-order valence-corrected chi connectivity index (χ2v) is 5.14. The third-order valence-electron chi connectivity index (χ3n) is 3.80. The van der Waals surface area contributed by atoms with Crippen LogP contribution >= 0.6 is 0 Å². The summed E-state index contributed by atoms with van der Waals surface area (Å²) >= 11 is 0. The molecule has 0 saturated carbocycles. The van der Waals surface area contributed by atoms with Gasteiger partial charge in [0.05, 0.1) is 43.0 Å². The Kier molecular flexibility index (Phi) is 3.66. The average Bonchev–Trinajstić information content (AvgIpc) is 2.89. The van der Waals surface area contributed by atoms with Gasteiger partial charge in [-0.15, -0.1) is 0 Å². The Morgan fingerprint density at radius 3 is 3.00 bits per heavy atom. The van der Waals surface area contributed by atoms with E-state index >= 15 is 0 Å². The molecule has 0 spiro atoms. The van der Waals surface area contributed by atoms with Crippen molar-refractivity contribution in [3.05, 3.63) is 41.5 Å². The lowest BCUT2D eigenvalue weighted by Crippen LogP contribution is -2.40. The van der Waals surface area contributed by atoms with E-state index in [4.69, 9.17) is 4.74 Å². The lowest BCUT2D eigenvalue weighted by molar-refractivity contribution is 0.0674. The molecule has 3 heterocycles. The topological polar surface area (TPSA) is 73.1 Å². The van der Waals surface area contributed by atoms with Gasteiger partial charge in [-0.2, -0.15) is 15.3 Å². The largest absolute Gasteiger partial charge is 0.384 e. The van der Waals surface area contributed by atoms with Gasteiger partial charge in [0.2, 0.25) is 0 Å². The maximum atomic E-state index is 12.6. The van der Waals surface area contributed by atoms with Gasteiger partial charge in [-0.05, 0) is 6.07 Å². The smallest absolute Gasteiger partial charge is 0.255 e. The standard InChI is InChI=1S/C14H17N5O2/c1-18-13-8-19(14(20)10-3-4-15-16-5-10)7-11(9-21-2)12(13)6-17-18/h3-6,11H,7-9H2,1-2H3/t11-/m1/s1. The zero-order chi connectivity index (χ0) is 14.8. The second kappa shape index (κ2) is 5.61. The molecule has 7 nitrogen and oxygen atoms in total. The molecule has 0 aromatic carbocycles. The lowest BCUT2D eigenvalue weighted by atomic mass is 9.95. The molecule has 3 rings (SSSR count). The molecule has 7 heteroatoms. The average molecular weight is 287 g/mol. The summed E-state index contributed by atoms with van der Waals surface area (Å²) in [5.41, 5.74) is 2.77. The summed E-state index contributed by atoms with van der Waals surface area (Å²) in [7, 11) is 3.56. The highest BCUT2D eigenvalue weighted by atomic mass is 16.5. The lowest BCUT2D eigenvalue weighted by Gasteiger charge is -2.32. The fraction of sp³-hybridized carbons (Fsp3) is 0.429. The number of rotatable bonds is 3. The van der Waals surface area contributed by atoms with E-state index < -0.39 is 0 Å². The van der Waals surface area contributed by atoms with Crippen molar-refractivity contribution < 1.29 is 9.53 Å². The maximum Gasteiger partial charge on any atom is 0.255 e. The molecule has 1 aliphatic heterocycles. The van der Waals surface area contributed by atoms with Crippen molar-refractivity contribution in [1.29, 1.82) is 0 Å². The SMILES string of the molecule is COC[C@H]1CN(C(=O)c2ccnnc2)Cc2c1cnn2C. The zero-order valence-corrected chi connectivity index (χ0v) is 12.1. The number of amides is 1. The number of carbonyl (C=O) groups excluding carboxylic acids is 1. The Balaban J connectivity index is 1.89. The highest BCUT2D eigenvalue weighted by molar-refractivity contribution is 5.93. The molecule has 1 aliphatic rings. The number of hydrogen-bond acceptors (Lipinski definition) is 5. The van der Waals surface area contributed by atoms with Crippen LogP contribution in [-0.2, 0) is 18.3 Å². The van der Waals surface area contributed by atoms with E-state index in [1.807, 2.05) is 22.8 Å². The quantitative estimate of drug-likeness (QED) is 0.826. The van der Waals surface area contributed by atoms with Crippen molar-refractivity contribution in [1.82, 2.24) is 24.9 Å². The number of aryl methyl sites for hydroxylation is 1. The molecular formula is C14H17N5O2. The Morgan fingerprint density at radius 2 is 2.29 bits per heavy atom. The van der Waals surface area contributed by atoms with Crippen LogP contribution in [0.5, 0.6) is 0 Å². The van der Waals surface area contributed by atoms with E-state index in [9.17, 15) is 4.79 Å². The fourth-order valence-electron chi connectivity index (χ4n) is 2.72. The van der Waals surface area contributed by atoms with E-state index in [-0.39, 0.29) is 11.8 Å². The van der Waals surface area contributed by atoms with Crippen LogP contribution in [0.3, 0.4) is 0 Å². The van der Waals surface area contributed by atoms with E-state index in [0.717, 1.165) is 11.3 Å². The molecule has 1 atom stereocenters. The summed E-state index contributed by atoms with van der Waals surface area (Å²) in [6, 6.07) is 1.68. The number of nitrogens with zero attached hydrogens (tertiary/aromatic N) is 5. The van der Waals surface area contributed by atoms with Gasteiger partial charge in [-0.25, -0.2) is 0 Å². The Bertz CT molecular complexity index is 640. The number of carbonyl (C=O) groups is 1. The summed E-state index contributed by atoms with van der Waals surface area (Å²) in [4.78, 5) is 14.4. The molecule has 2 aromatic rings. The van der Waals surface area contributed by atoms with Gasteiger partial charge in [0.25, 0.3) is 5.91 Å². The van der Waals surface area contributed by atoms with Gasteiger partial charge in [-0.1, -0.05) is 0 Å². The summed E-state index contributed by atoms with van der Waals surface area (Å²) in [5.74, 6) is 0.101. The monoisotopic (exact) mass is 287 g/mol. The third-order valence-corrected chi connectivity index (χ3v) is 3.80. The minimum Gasteiger partial charge on any atom is -0.384 e. The minimum absolute atomic E-state index is 0.0437. The first kappa shape index (κ1) is 13.7.